The summed E-state index contributed by atoms with van der Waals surface area (Å²) in [7, 11) is 0. The van der Waals surface area contributed by atoms with E-state index in [0.29, 0.717) is 17.7 Å². The van der Waals surface area contributed by atoms with Crippen LogP contribution in [-0.2, 0) is 22.6 Å². The van der Waals surface area contributed by atoms with Crippen molar-refractivity contribution in [3.05, 3.63) is 57.3 Å². The average Bonchev–Trinajstić information content (AvgIpc) is 2.97. The second kappa shape index (κ2) is 6.73. The van der Waals surface area contributed by atoms with Crippen LogP contribution >= 0.6 is 0 Å². The zero-order chi connectivity index (χ0) is 18.0. The molecule has 0 saturated heterocycles. The summed E-state index contributed by atoms with van der Waals surface area (Å²) >= 11 is 0. The van der Waals surface area contributed by atoms with Crippen LogP contribution in [0.25, 0.3) is 0 Å². The number of aromatic amines is 1. The number of carbonyl (C=O) groups is 2. The van der Waals surface area contributed by atoms with Gasteiger partial charge in [-0.25, -0.2) is 0 Å². The van der Waals surface area contributed by atoms with Crippen molar-refractivity contribution in [2.75, 3.05) is 6.54 Å². The summed E-state index contributed by atoms with van der Waals surface area (Å²) in [6.45, 7) is -0.637. The third-order valence-electron chi connectivity index (χ3n) is 3.82. The Balaban J connectivity index is 1.89. The first kappa shape index (κ1) is 16.7. The molecule has 0 fully saturated rings. The number of nitrogens with zero attached hydrogens (tertiary/aromatic N) is 1. The van der Waals surface area contributed by atoms with Crippen molar-refractivity contribution in [2.24, 2.45) is 0 Å². The van der Waals surface area contributed by atoms with Crippen LogP contribution < -0.4 is 10.9 Å². The first-order valence-corrected chi connectivity index (χ1v) is 7.47. The van der Waals surface area contributed by atoms with Gasteiger partial charge in [0.2, 0.25) is 0 Å². The number of carbonyl (C=O) groups excluding carboxylic acids is 1. The minimum atomic E-state index is -1.26. The average molecular weight is 345 g/mol. The van der Waals surface area contributed by atoms with Gasteiger partial charge in [0.1, 0.15) is 24.0 Å². The van der Waals surface area contributed by atoms with Crippen molar-refractivity contribution >= 4 is 11.9 Å². The van der Waals surface area contributed by atoms with E-state index in [1.54, 1.807) is 12.3 Å². The van der Waals surface area contributed by atoms with Gasteiger partial charge in [-0.2, -0.15) is 0 Å². The molecule has 3 rings (SSSR count). The minimum Gasteiger partial charge on any atom is -0.506 e. The summed E-state index contributed by atoms with van der Waals surface area (Å²) in [5.74, 6) is -2.72. The maximum absolute atomic E-state index is 12.2. The van der Waals surface area contributed by atoms with Gasteiger partial charge in [-0.05, 0) is 12.1 Å². The van der Waals surface area contributed by atoms with Crippen molar-refractivity contribution in [3.8, 4) is 5.75 Å². The maximum Gasteiger partial charge on any atom is 0.322 e. The fraction of sp³-hybridized carbons (Fsp3) is 0.250. The molecule has 3 heterocycles. The van der Waals surface area contributed by atoms with Crippen LogP contribution in [-0.4, -0.2) is 38.6 Å². The number of pyridine rings is 2. The Morgan fingerprint density at radius 2 is 2.20 bits per heavy atom. The topological polar surface area (TPSA) is 142 Å². The summed E-state index contributed by atoms with van der Waals surface area (Å²) < 4.78 is 5.60. The molecule has 2 aromatic heterocycles. The number of aromatic hydroxyl groups is 1. The molecule has 9 heteroatoms. The van der Waals surface area contributed by atoms with Crippen LogP contribution in [0.5, 0.6) is 5.75 Å². The number of nitrogens with one attached hydrogen (secondary N) is 2. The van der Waals surface area contributed by atoms with Gasteiger partial charge >= 0.3 is 5.97 Å². The number of hydrogen-bond acceptors (Lipinski definition) is 6. The third kappa shape index (κ3) is 3.36. The van der Waals surface area contributed by atoms with Crippen molar-refractivity contribution in [3.63, 3.8) is 0 Å². The van der Waals surface area contributed by atoms with Crippen LogP contribution in [0.1, 0.15) is 33.4 Å². The van der Waals surface area contributed by atoms with E-state index in [1.165, 1.54) is 0 Å². The molecule has 1 aliphatic heterocycles. The van der Waals surface area contributed by atoms with Crippen LogP contribution in [0, 0.1) is 0 Å². The lowest BCUT2D eigenvalue weighted by atomic mass is 10.0. The first-order valence-electron chi connectivity index (χ1n) is 7.47. The van der Waals surface area contributed by atoms with Crippen LogP contribution in [0.2, 0.25) is 0 Å². The lowest BCUT2D eigenvalue weighted by Gasteiger charge is -2.11. The van der Waals surface area contributed by atoms with Crippen LogP contribution in [0.3, 0.4) is 0 Å². The Bertz CT molecular complexity index is 877. The molecule has 1 unspecified atom stereocenters. The highest BCUT2D eigenvalue weighted by atomic mass is 16.5. The number of aromatic nitrogens is 2. The van der Waals surface area contributed by atoms with Gasteiger partial charge in [0.15, 0.2) is 0 Å². The van der Waals surface area contributed by atoms with Gasteiger partial charge in [0.25, 0.3) is 11.5 Å². The molecular weight excluding hydrogens is 330 g/mol. The van der Waals surface area contributed by atoms with E-state index < -0.39 is 41.4 Å². The lowest BCUT2D eigenvalue weighted by molar-refractivity contribution is -0.135. The highest BCUT2D eigenvalue weighted by molar-refractivity contribution is 5.98. The van der Waals surface area contributed by atoms with E-state index >= 15 is 0 Å². The summed E-state index contributed by atoms with van der Waals surface area (Å²) in [6.07, 6.45) is 1.54. The molecule has 0 spiro atoms. The highest BCUT2D eigenvalue weighted by Gasteiger charge is 2.31. The van der Waals surface area contributed by atoms with Crippen molar-refractivity contribution in [2.45, 2.75) is 19.1 Å². The number of rotatable bonds is 5. The monoisotopic (exact) mass is 345 g/mol. The van der Waals surface area contributed by atoms with Crippen molar-refractivity contribution in [1.29, 1.82) is 0 Å². The summed E-state index contributed by atoms with van der Waals surface area (Å²) in [6, 6.07) is 5.42. The van der Waals surface area contributed by atoms with Crippen molar-refractivity contribution in [1.82, 2.24) is 15.3 Å². The Morgan fingerprint density at radius 3 is 2.88 bits per heavy atom. The van der Waals surface area contributed by atoms with Crippen LogP contribution in [0.15, 0.2) is 29.2 Å². The minimum absolute atomic E-state index is 0.0225. The number of carboxylic acid groups (broad SMARTS) is 1. The Hall–Kier alpha value is -3.20. The molecule has 0 aliphatic carbocycles. The maximum atomic E-state index is 12.2. The molecule has 2 aromatic rings. The van der Waals surface area contributed by atoms with Gasteiger partial charge < -0.3 is 25.3 Å². The Labute approximate surface area is 141 Å². The predicted octanol–water partition coefficient (Wildman–Crippen LogP) is 0.104. The largest absolute Gasteiger partial charge is 0.506 e. The van der Waals surface area contributed by atoms with Gasteiger partial charge in [0.05, 0.1) is 12.3 Å². The number of amides is 1. The first-order chi connectivity index (χ1) is 12.0. The molecule has 9 nitrogen and oxygen atoms in total. The third-order valence-corrected chi connectivity index (χ3v) is 3.82. The van der Waals surface area contributed by atoms with Crippen molar-refractivity contribution < 1.29 is 24.5 Å². The Kier molecular flexibility index (Phi) is 4.48. The molecule has 0 aromatic carbocycles. The number of H-pyrrole nitrogens is 1. The predicted molar refractivity (Wildman–Crippen MR) is 84.2 cm³/mol. The van der Waals surface area contributed by atoms with E-state index in [4.69, 9.17) is 9.84 Å². The van der Waals surface area contributed by atoms with E-state index in [-0.39, 0.29) is 6.61 Å². The molecule has 0 bridgehead atoms. The fourth-order valence-electron chi connectivity index (χ4n) is 2.66. The van der Waals surface area contributed by atoms with E-state index in [2.05, 4.69) is 15.3 Å². The van der Waals surface area contributed by atoms with E-state index in [0.717, 1.165) is 5.69 Å². The Morgan fingerprint density at radius 1 is 1.40 bits per heavy atom. The molecule has 25 heavy (non-hydrogen) atoms. The zero-order valence-electron chi connectivity index (χ0n) is 13.0. The molecule has 4 N–H and O–H groups in total. The SMILES string of the molecule is O=C(O)CNC(=O)c1c(O)c2c([nH]c1=O)C(Cc1ccccn1)OC2. The molecular formula is C16H15N3O6. The van der Waals surface area contributed by atoms with Gasteiger partial charge in [-0.1, -0.05) is 6.07 Å². The normalized spacial score (nSPS) is 15.6. The second-order valence-corrected chi connectivity index (χ2v) is 5.47. The van der Waals surface area contributed by atoms with E-state index in [9.17, 15) is 19.5 Å². The number of fused-ring (bicyclic) bond motifs is 1. The molecule has 1 atom stereocenters. The highest BCUT2D eigenvalue weighted by Crippen LogP contribution is 2.36. The molecule has 0 radical (unpaired) electrons. The second-order valence-electron chi connectivity index (χ2n) is 5.47. The number of carboxylic acids is 1. The smallest absolute Gasteiger partial charge is 0.322 e. The molecule has 1 aliphatic rings. The summed E-state index contributed by atoms with van der Waals surface area (Å²) in [5.41, 5.74) is 0.116. The quantitative estimate of drug-likeness (QED) is 0.602. The number of hydrogen-bond donors (Lipinski definition) is 4. The number of aliphatic carboxylic acids is 1. The fourth-order valence-corrected chi connectivity index (χ4v) is 2.66. The van der Waals surface area contributed by atoms with Crippen LogP contribution in [0.4, 0.5) is 0 Å². The van der Waals surface area contributed by atoms with Gasteiger partial charge in [-0.3, -0.25) is 19.4 Å². The summed E-state index contributed by atoms with van der Waals surface area (Å²) in [4.78, 5) is 41.4. The molecule has 0 saturated carbocycles. The molecule has 1 amide bonds. The summed E-state index contributed by atoms with van der Waals surface area (Å²) in [5, 5.41) is 20.9. The standard InChI is InChI=1S/C16H15N3O6/c20-11(21)6-18-15(23)12-14(22)9-7-25-10(13(9)19-16(12)24)5-8-3-1-2-4-17-8/h1-4,10H,5-7H2,(H,18,23)(H,20,21)(H2,19,22,24). The zero-order valence-corrected chi connectivity index (χ0v) is 13.0. The molecule has 130 valence electrons. The number of ether oxygens (including phenoxy) is 1. The van der Waals surface area contributed by atoms with E-state index in [1.807, 2.05) is 12.1 Å². The van der Waals surface area contributed by atoms with Gasteiger partial charge in [0, 0.05) is 23.9 Å². The lowest BCUT2D eigenvalue weighted by Crippen LogP contribution is -2.34. The van der Waals surface area contributed by atoms with Gasteiger partial charge in [-0.15, -0.1) is 0 Å².